The molecule has 2 heteroatoms. The fourth-order valence-corrected chi connectivity index (χ4v) is 2.57. The van der Waals surface area contributed by atoms with Crippen LogP contribution in [-0.4, -0.2) is 11.0 Å². The smallest absolute Gasteiger partial charge is 0.0702 e. The first-order chi connectivity index (χ1) is 10.6. The molecular formula is C20H22N2. The van der Waals surface area contributed by atoms with E-state index in [1.807, 2.05) is 24.4 Å². The van der Waals surface area contributed by atoms with Gasteiger partial charge in [0.15, 0.2) is 0 Å². The van der Waals surface area contributed by atoms with E-state index in [4.69, 9.17) is 5.73 Å². The molecule has 0 bridgehead atoms. The van der Waals surface area contributed by atoms with Crippen molar-refractivity contribution in [1.29, 1.82) is 0 Å². The number of rotatable bonds is 4. The predicted molar refractivity (Wildman–Crippen MR) is 93.7 cm³/mol. The van der Waals surface area contributed by atoms with Crippen molar-refractivity contribution < 1.29 is 0 Å². The Hall–Kier alpha value is -2.19. The minimum Gasteiger partial charge on any atom is -0.327 e. The summed E-state index contributed by atoms with van der Waals surface area (Å²) < 4.78 is 0. The highest BCUT2D eigenvalue weighted by Crippen LogP contribution is 2.23. The van der Waals surface area contributed by atoms with Gasteiger partial charge in [-0.1, -0.05) is 56.3 Å². The molecule has 0 amide bonds. The number of hydrogen-bond donors (Lipinski definition) is 1. The maximum Gasteiger partial charge on any atom is 0.0702 e. The third kappa shape index (κ3) is 3.18. The van der Waals surface area contributed by atoms with Crippen LogP contribution in [0, 0.1) is 5.92 Å². The summed E-state index contributed by atoms with van der Waals surface area (Å²) >= 11 is 0. The minimum absolute atomic E-state index is 0.216. The van der Waals surface area contributed by atoms with Crippen LogP contribution in [0.4, 0.5) is 0 Å². The summed E-state index contributed by atoms with van der Waals surface area (Å²) in [7, 11) is 0. The number of fused-ring (bicyclic) bond motifs is 1. The van der Waals surface area contributed by atoms with Crippen molar-refractivity contribution in [2.45, 2.75) is 26.3 Å². The first-order valence-electron chi connectivity index (χ1n) is 7.83. The third-order valence-corrected chi connectivity index (χ3v) is 4.21. The van der Waals surface area contributed by atoms with Gasteiger partial charge in [-0.05, 0) is 35.6 Å². The highest BCUT2D eigenvalue weighted by molar-refractivity contribution is 5.83. The predicted octanol–water partition coefficient (Wildman–Crippen LogP) is 4.43. The van der Waals surface area contributed by atoms with Gasteiger partial charge in [0.25, 0.3) is 0 Å². The maximum atomic E-state index is 6.15. The average Bonchev–Trinajstić information content (AvgIpc) is 2.55. The number of nitrogens with zero attached hydrogens (tertiary/aromatic N) is 1. The fourth-order valence-electron chi connectivity index (χ4n) is 2.57. The maximum absolute atomic E-state index is 6.15. The molecule has 1 unspecified atom stereocenters. The first-order valence-corrected chi connectivity index (χ1v) is 7.83. The normalized spacial score (nSPS) is 12.7. The van der Waals surface area contributed by atoms with Crippen molar-refractivity contribution in [3.63, 3.8) is 0 Å². The van der Waals surface area contributed by atoms with Gasteiger partial charge in [-0.2, -0.15) is 0 Å². The Bertz CT molecular complexity index is 760. The van der Waals surface area contributed by atoms with E-state index in [9.17, 15) is 0 Å². The van der Waals surface area contributed by atoms with Crippen molar-refractivity contribution in [2.24, 2.45) is 11.7 Å². The summed E-state index contributed by atoms with van der Waals surface area (Å²) in [6.07, 6.45) is 2.87. The molecule has 0 fully saturated rings. The van der Waals surface area contributed by atoms with Crippen molar-refractivity contribution in [3.05, 3.63) is 66.4 Å². The van der Waals surface area contributed by atoms with Crippen LogP contribution < -0.4 is 5.73 Å². The summed E-state index contributed by atoms with van der Waals surface area (Å²) in [5.74, 6) is 0.504. The lowest BCUT2D eigenvalue weighted by molar-refractivity contribution is 0.490. The molecule has 1 aromatic heterocycles. The molecule has 1 heterocycles. The summed E-state index contributed by atoms with van der Waals surface area (Å²) in [4.78, 5) is 4.53. The second kappa shape index (κ2) is 6.29. The molecule has 0 saturated carbocycles. The zero-order chi connectivity index (χ0) is 15.5. The van der Waals surface area contributed by atoms with Gasteiger partial charge < -0.3 is 5.73 Å². The van der Waals surface area contributed by atoms with Crippen molar-refractivity contribution in [3.8, 4) is 11.1 Å². The molecule has 3 aromatic rings. The Morgan fingerprint density at radius 1 is 0.955 bits per heavy atom. The number of pyridine rings is 1. The van der Waals surface area contributed by atoms with E-state index < -0.39 is 0 Å². The monoisotopic (exact) mass is 290 g/mol. The zero-order valence-electron chi connectivity index (χ0n) is 13.2. The molecule has 0 radical (unpaired) electrons. The lowest BCUT2D eigenvalue weighted by Crippen LogP contribution is -2.28. The number of nitrogens with two attached hydrogens (primary N) is 1. The lowest BCUT2D eigenvalue weighted by Gasteiger charge is -2.15. The van der Waals surface area contributed by atoms with Crippen LogP contribution in [0.2, 0.25) is 0 Å². The molecule has 2 nitrogen and oxygen atoms in total. The minimum atomic E-state index is 0.216. The average molecular weight is 290 g/mol. The Morgan fingerprint density at radius 2 is 1.68 bits per heavy atom. The van der Waals surface area contributed by atoms with E-state index in [2.05, 4.69) is 55.2 Å². The molecule has 0 aliphatic rings. The standard InChI is InChI=1S/C20H22N2/c1-14(2)19(21)11-15-7-9-16(10-8-15)18-12-17-5-3-4-6-20(17)22-13-18/h3-10,12-14,19H,11,21H2,1-2H3. The highest BCUT2D eigenvalue weighted by atomic mass is 14.6. The number of aromatic nitrogens is 1. The zero-order valence-corrected chi connectivity index (χ0v) is 13.2. The Morgan fingerprint density at radius 3 is 2.41 bits per heavy atom. The summed E-state index contributed by atoms with van der Waals surface area (Å²) in [6, 6.07) is 19.3. The Kier molecular flexibility index (Phi) is 4.21. The van der Waals surface area contributed by atoms with E-state index in [0.29, 0.717) is 5.92 Å². The van der Waals surface area contributed by atoms with Gasteiger partial charge in [-0.15, -0.1) is 0 Å². The van der Waals surface area contributed by atoms with Gasteiger partial charge in [-0.25, -0.2) is 0 Å². The summed E-state index contributed by atoms with van der Waals surface area (Å²) in [5, 5.41) is 1.17. The molecule has 0 saturated heterocycles. The van der Waals surface area contributed by atoms with Crippen LogP contribution in [-0.2, 0) is 6.42 Å². The van der Waals surface area contributed by atoms with Gasteiger partial charge in [0.2, 0.25) is 0 Å². The largest absolute Gasteiger partial charge is 0.327 e. The van der Waals surface area contributed by atoms with Crippen molar-refractivity contribution >= 4 is 10.9 Å². The van der Waals surface area contributed by atoms with E-state index in [0.717, 1.165) is 17.5 Å². The van der Waals surface area contributed by atoms with E-state index in [-0.39, 0.29) is 6.04 Å². The van der Waals surface area contributed by atoms with E-state index >= 15 is 0 Å². The number of hydrogen-bond acceptors (Lipinski definition) is 2. The third-order valence-electron chi connectivity index (χ3n) is 4.21. The molecule has 3 rings (SSSR count). The lowest BCUT2D eigenvalue weighted by atomic mass is 9.96. The quantitative estimate of drug-likeness (QED) is 0.772. The van der Waals surface area contributed by atoms with Crippen LogP contribution in [0.5, 0.6) is 0 Å². The SMILES string of the molecule is CC(C)C(N)Cc1ccc(-c2cnc3ccccc3c2)cc1. The van der Waals surface area contributed by atoms with Crippen LogP contribution in [0.1, 0.15) is 19.4 Å². The van der Waals surface area contributed by atoms with Crippen LogP contribution in [0.3, 0.4) is 0 Å². The molecule has 0 spiro atoms. The molecule has 22 heavy (non-hydrogen) atoms. The molecule has 112 valence electrons. The number of para-hydroxylation sites is 1. The molecule has 2 N–H and O–H groups in total. The number of benzene rings is 2. The second-order valence-electron chi connectivity index (χ2n) is 6.23. The van der Waals surface area contributed by atoms with Gasteiger partial charge in [0, 0.05) is 23.2 Å². The summed E-state index contributed by atoms with van der Waals surface area (Å²) in [5.41, 5.74) is 10.8. The van der Waals surface area contributed by atoms with Gasteiger partial charge >= 0.3 is 0 Å². The van der Waals surface area contributed by atoms with E-state index in [1.165, 1.54) is 16.5 Å². The van der Waals surface area contributed by atoms with Gasteiger partial charge in [0.05, 0.1) is 5.52 Å². The Labute approximate surface area is 132 Å². The van der Waals surface area contributed by atoms with Crippen molar-refractivity contribution in [2.75, 3.05) is 0 Å². The van der Waals surface area contributed by atoms with Crippen molar-refractivity contribution in [1.82, 2.24) is 4.98 Å². The van der Waals surface area contributed by atoms with Crippen LogP contribution in [0.15, 0.2) is 60.8 Å². The van der Waals surface area contributed by atoms with Crippen LogP contribution >= 0.6 is 0 Å². The first kappa shape index (κ1) is 14.7. The fraction of sp³-hybridized carbons (Fsp3) is 0.250. The summed E-state index contributed by atoms with van der Waals surface area (Å²) in [6.45, 7) is 4.33. The Balaban J connectivity index is 1.85. The topological polar surface area (TPSA) is 38.9 Å². The molecule has 0 aliphatic heterocycles. The molecular weight excluding hydrogens is 268 g/mol. The van der Waals surface area contributed by atoms with E-state index in [1.54, 1.807) is 0 Å². The molecule has 1 atom stereocenters. The van der Waals surface area contributed by atoms with Gasteiger partial charge in [0.1, 0.15) is 0 Å². The second-order valence-corrected chi connectivity index (χ2v) is 6.23. The highest BCUT2D eigenvalue weighted by Gasteiger charge is 2.08. The van der Waals surface area contributed by atoms with Crippen LogP contribution in [0.25, 0.3) is 22.0 Å². The molecule has 0 aliphatic carbocycles. The van der Waals surface area contributed by atoms with Gasteiger partial charge in [-0.3, -0.25) is 4.98 Å². The molecule has 2 aromatic carbocycles.